The first-order chi connectivity index (χ1) is 9.83. The Morgan fingerprint density at radius 1 is 1.10 bits per heavy atom. The lowest BCUT2D eigenvalue weighted by Gasteiger charge is -2.14. The summed E-state index contributed by atoms with van der Waals surface area (Å²) in [6.45, 7) is 2.19. The summed E-state index contributed by atoms with van der Waals surface area (Å²) in [6.07, 6.45) is 20.4. The van der Waals surface area contributed by atoms with E-state index < -0.39 is 0 Å². The topological polar surface area (TPSA) is 26.3 Å². The van der Waals surface area contributed by atoms with Crippen molar-refractivity contribution in [3.63, 3.8) is 0 Å². The smallest absolute Gasteiger partial charge is 0.306 e. The van der Waals surface area contributed by atoms with Crippen molar-refractivity contribution in [1.82, 2.24) is 0 Å². The highest BCUT2D eigenvalue weighted by molar-refractivity contribution is 5.69. The van der Waals surface area contributed by atoms with E-state index in [2.05, 4.69) is 19.1 Å². The van der Waals surface area contributed by atoms with E-state index in [1.165, 1.54) is 32.1 Å². The van der Waals surface area contributed by atoms with Crippen molar-refractivity contribution < 1.29 is 9.53 Å². The molecule has 0 aliphatic carbocycles. The second kappa shape index (κ2) is 11.7. The van der Waals surface area contributed by atoms with Crippen LogP contribution < -0.4 is 0 Å². The Kier molecular flexibility index (Phi) is 9.99. The van der Waals surface area contributed by atoms with Gasteiger partial charge in [-0.3, -0.25) is 4.79 Å². The fraction of sp³-hybridized carbons (Fsp3) is 0.722. The molecule has 114 valence electrons. The lowest BCUT2D eigenvalue weighted by Crippen LogP contribution is -2.16. The Hall–Kier alpha value is -1.05. The molecule has 0 aromatic heterocycles. The van der Waals surface area contributed by atoms with E-state index in [-0.39, 0.29) is 12.1 Å². The molecule has 0 spiro atoms. The van der Waals surface area contributed by atoms with Crippen molar-refractivity contribution in [2.75, 3.05) is 0 Å². The van der Waals surface area contributed by atoms with Gasteiger partial charge in [0.05, 0.1) is 0 Å². The molecule has 0 saturated heterocycles. The zero-order valence-electron chi connectivity index (χ0n) is 13.0. The standard InChI is InChI=1S/C18H30O2/c1-2-3-11-14-17-15-12-9-7-5-4-6-8-10-13-16-18(19)20-17/h7,9,12,15,17H,2-6,8,10-11,13-14,16H2,1H3. The Labute approximate surface area is 124 Å². The molecule has 0 aromatic carbocycles. The molecule has 1 heterocycles. The Morgan fingerprint density at radius 2 is 1.90 bits per heavy atom. The first-order valence-corrected chi connectivity index (χ1v) is 8.35. The lowest BCUT2D eigenvalue weighted by molar-refractivity contribution is -0.147. The van der Waals surface area contributed by atoms with Crippen LogP contribution in [0.4, 0.5) is 0 Å². The molecule has 1 aliphatic rings. The highest BCUT2D eigenvalue weighted by Crippen LogP contribution is 2.13. The minimum Gasteiger partial charge on any atom is -0.458 e. The summed E-state index contributed by atoms with van der Waals surface area (Å²) in [5.74, 6) is -0.0304. The van der Waals surface area contributed by atoms with E-state index in [1.807, 2.05) is 12.2 Å². The third-order valence-electron chi connectivity index (χ3n) is 3.70. The summed E-state index contributed by atoms with van der Waals surface area (Å²) in [5, 5.41) is 0. The predicted octanol–water partition coefficient (Wildman–Crippen LogP) is 5.34. The van der Waals surface area contributed by atoms with Crippen molar-refractivity contribution in [3.8, 4) is 0 Å². The van der Waals surface area contributed by atoms with Crippen LogP contribution in [0.1, 0.15) is 77.6 Å². The van der Waals surface area contributed by atoms with Gasteiger partial charge in [0.2, 0.25) is 0 Å². The number of ether oxygens (including phenoxy) is 1. The highest BCUT2D eigenvalue weighted by atomic mass is 16.5. The van der Waals surface area contributed by atoms with E-state index in [1.54, 1.807) is 0 Å². The molecule has 0 aromatic rings. The van der Waals surface area contributed by atoms with Gasteiger partial charge in [0.1, 0.15) is 6.10 Å². The minimum absolute atomic E-state index is 0.0304. The second-order valence-electron chi connectivity index (χ2n) is 5.64. The quantitative estimate of drug-likeness (QED) is 0.513. The van der Waals surface area contributed by atoms with Crippen molar-refractivity contribution in [3.05, 3.63) is 24.3 Å². The van der Waals surface area contributed by atoms with Gasteiger partial charge < -0.3 is 4.74 Å². The molecule has 0 bridgehead atoms. The predicted molar refractivity (Wildman–Crippen MR) is 84.6 cm³/mol. The van der Waals surface area contributed by atoms with E-state index in [4.69, 9.17) is 4.74 Å². The molecule has 2 nitrogen and oxygen atoms in total. The number of esters is 1. The zero-order valence-corrected chi connectivity index (χ0v) is 13.0. The molecular weight excluding hydrogens is 248 g/mol. The third-order valence-corrected chi connectivity index (χ3v) is 3.70. The van der Waals surface area contributed by atoms with Gasteiger partial charge in [0.25, 0.3) is 0 Å². The molecule has 1 rings (SSSR count). The summed E-state index contributed by atoms with van der Waals surface area (Å²) in [7, 11) is 0. The molecule has 0 radical (unpaired) electrons. The third kappa shape index (κ3) is 8.95. The number of allylic oxidation sites excluding steroid dienone is 3. The molecule has 1 unspecified atom stereocenters. The summed E-state index contributed by atoms with van der Waals surface area (Å²) < 4.78 is 5.58. The molecule has 2 heteroatoms. The van der Waals surface area contributed by atoms with Crippen molar-refractivity contribution >= 4 is 5.97 Å². The fourth-order valence-electron chi connectivity index (χ4n) is 2.44. The maximum Gasteiger partial charge on any atom is 0.306 e. The fourth-order valence-corrected chi connectivity index (χ4v) is 2.44. The zero-order chi connectivity index (χ0) is 14.5. The minimum atomic E-state index is -0.0401. The molecule has 1 atom stereocenters. The summed E-state index contributed by atoms with van der Waals surface area (Å²) in [4.78, 5) is 11.8. The number of carbonyl (C=O) groups excluding carboxylic acids is 1. The maximum absolute atomic E-state index is 11.8. The largest absolute Gasteiger partial charge is 0.458 e. The van der Waals surface area contributed by atoms with E-state index in [0.29, 0.717) is 6.42 Å². The highest BCUT2D eigenvalue weighted by Gasteiger charge is 2.11. The maximum atomic E-state index is 11.8. The van der Waals surface area contributed by atoms with Crippen LogP contribution in [0.2, 0.25) is 0 Å². The number of rotatable bonds is 4. The van der Waals surface area contributed by atoms with Crippen molar-refractivity contribution in [1.29, 1.82) is 0 Å². The molecule has 1 aliphatic heterocycles. The SMILES string of the molecule is CCCCCC1C=CC=CCCCCCCCC(=O)O1. The van der Waals surface area contributed by atoms with Gasteiger partial charge in [0, 0.05) is 6.42 Å². The number of cyclic esters (lactones) is 1. The number of unbranched alkanes of at least 4 members (excludes halogenated alkanes) is 2. The molecule has 0 saturated carbocycles. The lowest BCUT2D eigenvalue weighted by atomic mass is 10.1. The van der Waals surface area contributed by atoms with Crippen LogP contribution in [0, 0.1) is 0 Å². The molecular formula is C18H30O2. The van der Waals surface area contributed by atoms with Crippen LogP contribution in [-0.2, 0) is 9.53 Å². The average molecular weight is 278 g/mol. The second-order valence-corrected chi connectivity index (χ2v) is 5.64. The van der Waals surface area contributed by atoms with Gasteiger partial charge in [-0.15, -0.1) is 0 Å². The van der Waals surface area contributed by atoms with Crippen LogP contribution in [0.15, 0.2) is 24.3 Å². The normalized spacial score (nSPS) is 22.2. The first-order valence-electron chi connectivity index (χ1n) is 8.35. The monoisotopic (exact) mass is 278 g/mol. The van der Waals surface area contributed by atoms with Crippen LogP contribution in [0.3, 0.4) is 0 Å². The summed E-state index contributed by atoms with van der Waals surface area (Å²) >= 11 is 0. The van der Waals surface area contributed by atoms with Crippen molar-refractivity contribution in [2.45, 2.75) is 83.7 Å². The van der Waals surface area contributed by atoms with Gasteiger partial charge in [-0.2, -0.15) is 0 Å². The van der Waals surface area contributed by atoms with Gasteiger partial charge in [0.15, 0.2) is 0 Å². The van der Waals surface area contributed by atoms with Gasteiger partial charge >= 0.3 is 5.97 Å². The number of hydrogen-bond acceptors (Lipinski definition) is 2. The number of hydrogen-bond donors (Lipinski definition) is 0. The van der Waals surface area contributed by atoms with Crippen LogP contribution in [0.5, 0.6) is 0 Å². The Balaban J connectivity index is 2.49. The van der Waals surface area contributed by atoms with Gasteiger partial charge in [-0.05, 0) is 38.2 Å². The average Bonchev–Trinajstić information content (AvgIpc) is 2.44. The van der Waals surface area contributed by atoms with Gasteiger partial charge in [-0.1, -0.05) is 57.3 Å². The molecule has 0 amide bonds. The molecule has 20 heavy (non-hydrogen) atoms. The first kappa shape index (κ1) is 17.0. The summed E-state index contributed by atoms with van der Waals surface area (Å²) in [5.41, 5.74) is 0. The molecule has 0 N–H and O–H groups in total. The van der Waals surface area contributed by atoms with E-state index in [9.17, 15) is 4.79 Å². The van der Waals surface area contributed by atoms with Gasteiger partial charge in [-0.25, -0.2) is 0 Å². The summed E-state index contributed by atoms with van der Waals surface area (Å²) in [6, 6.07) is 0. The van der Waals surface area contributed by atoms with Crippen LogP contribution >= 0.6 is 0 Å². The van der Waals surface area contributed by atoms with E-state index in [0.717, 1.165) is 32.1 Å². The Bertz CT molecular complexity index is 305. The van der Waals surface area contributed by atoms with E-state index >= 15 is 0 Å². The Morgan fingerprint density at radius 3 is 2.75 bits per heavy atom. The van der Waals surface area contributed by atoms with Crippen LogP contribution in [-0.4, -0.2) is 12.1 Å². The van der Waals surface area contributed by atoms with Crippen molar-refractivity contribution in [2.24, 2.45) is 0 Å². The molecule has 0 fully saturated rings. The van der Waals surface area contributed by atoms with Crippen LogP contribution in [0.25, 0.3) is 0 Å². The number of carbonyl (C=O) groups is 1.